The Balaban J connectivity index is 2.48. The van der Waals surface area contributed by atoms with Gasteiger partial charge in [-0.05, 0) is 0 Å². The Hall–Kier alpha value is -1.10. The van der Waals surface area contributed by atoms with Crippen LogP contribution in [0.5, 0.6) is 0 Å². The molecule has 80 valence electrons. The summed E-state index contributed by atoms with van der Waals surface area (Å²) in [5.74, 6) is -0.258. The zero-order valence-corrected chi connectivity index (χ0v) is 8.41. The van der Waals surface area contributed by atoms with Gasteiger partial charge in [0.05, 0.1) is 20.1 Å². The second kappa shape index (κ2) is 4.95. The molecular formula is C9H15NO4. The number of nitrogens with one attached hydrogen (secondary N) is 1. The number of rotatable bonds is 4. The van der Waals surface area contributed by atoms with Gasteiger partial charge in [0.1, 0.15) is 0 Å². The van der Waals surface area contributed by atoms with E-state index in [1.165, 1.54) is 7.11 Å². The molecule has 1 heterocycles. The van der Waals surface area contributed by atoms with Crippen LogP contribution in [0, 0.1) is 5.92 Å². The Bertz CT molecular complexity index is 229. The van der Waals surface area contributed by atoms with Gasteiger partial charge in [-0.15, -0.1) is 0 Å². The smallest absolute Gasteiger partial charge is 0.307 e. The summed E-state index contributed by atoms with van der Waals surface area (Å²) < 4.78 is 9.52. The largest absolute Gasteiger partial charge is 0.469 e. The minimum Gasteiger partial charge on any atom is -0.469 e. The van der Waals surface area contributed by atoms with E-state index in [9.17, 15) is 9.59 Å². The predicted molar refractivity (Wildman–Crippen MR) is 48.5 cm³/mol. The van der Waals surface area contributed by atoms with E-state index in [1.54, 1.807) is 7.11 Å². The average molecular weight is 201 g/mol. The molecule has 0 saturated carbocycles. The van der Waals surface area contributed by atoms with Gasteiger partial charge in [-0.1, -0.05) is 0 Å². The van der Waals surface area contributed by atoms with Crippen LogP contribution in [0.15, 0.2) is 0 Å². The van der Waals surface area contributed by atoms with Crippen LogP contribution >= 0.6 is 0 Å². The molecule has 0 radical (unpaired) electrons. The maximum absolute atomic E-state index is 11.1. The van der Waals surface area contributed by atoms with Gasteiger partial charge in [-0.2, -0.15) is 0 Å². The molecule has 0 aromatic rings. The van der Waals surface area contributed by atoms with E-state index in [4.69, 9.17) is 4.74 Å². The van der Waals surface area contributed by atoms with E-state index in [0.717, 1.165) is 0 Å². The molecule has 1 amide bonds. The van der Waals surface area contributed by atoms with Crippen LogP contribution < -0.4 is 5.32 Å². The fraction of sp³-hybridized carbons (Fsp3) is 0.778. The topological polar surface area (TPSA) is 64.6 Å². The van der Waals surface area contributed by atoms with Gasteiger partial charge < -0.3 is 14.8 Å². The minimum absolute atomic E-state index is 0.0269. The third-order valence-electron chi connectivity index (χ3n) is 2.36. The molecule has 2 atom stereocenters. The van der Waals surface area contributed by atoms with Gasteiger partial charge >= 0.3 is 5.97 Å². The first-order chi connectivity index (χ1) is 6.67. The summed E-state index contributed by atoms with van der Waals surface area (Å²) in [6, 6.07) is -0.144. The lowest BCUT2D eigenvalue weighted by atomic mass is 9.99. The van der Waals surface area contributed by atoms with E-state index in [1.807, 2.05) is 0 Å². The first kappa shape index (κ1) is 11.0. The maximum atomic E-state index is 11.1. The molecule has 0 aromatic heterocycles. The highest BCUT2D eigenvalue weighted by molar-refractivity contribution is 5.80. The normalized spacial score (nSPS) is 26.0. The van der Waals surface area contributed by atoms with Crippen molar-refractivity contribution >= 4 is 11.9 Å². The summed E-state index contributed by atoms with van der Waals surface area (Å²) in [6.07, 6.45) is 0.645. The molecule has 0 aliphatic carbocycles. The molecule has 0 bridgehead atoms. The average Bonchev–Trinajstić information content (AvgIpc) is 2.47. The van der Waals surface area contributed by atoms with Crippen LogP contribution in [0.1, 0.15) is 12.8 Å². The van der Waals surface area contributed by atoms with E-state index in [-0.39, 0.29) is 30.3 Å². The highest BCUT2D eigenvalue weighted by Crippen LogP contribution is 2.19. The van der Waals surface area contributed by atoms with Crippen molar-refractivity contribution < 1.29 is 19.1 Å². The lowest BCUT2D eigenvalue weighted by Crippen LogP contribution is -2.33. The molecule has 14 heavy (non-hydrogen) atoms. The minimum atomic E-state index is -0.307. The predicted octanol–water partition coefficient (Wildman–Crippen LogP) is -0.299. The van der Waals surface area contributed by atoms with Crippen molar-refractivity contribution in [2.45, 2.75) is 18.9 Å². The lowest BCUT2D eigenvalue weighted by Gasteiger charge is -2.16. The third-order valence-corrected chi connectivity index (χ3v) is 2.36. The van der Waals surface area contributed by atoms with Gasteiger partial charge in [-0.3, -0.25) is 9.59 Å². The summed E-state index contributed by atoms with van der Waals surface area (Å²) in [6.45, 7) is 0.487. The molecule has 0 spiro atoms. The number of esters is 1. The fourth-order valence-electron chi connectivity index (χ4n) is 1.63. The second-order valence-corrected chi connectivity index (χ2v) is 3.37. The monoisotopic (exact) mass is 201 g/mol. The number of hydrogen-bond donors (Lipinski definition) is 1. The number of methoxy groups -OCH3 is 2. The number of carbonyl (C=O) groups is 2. The Morgan fingerprint density at radius 1 is 1.57 bits per heavy atom. The van der Waals surface area contributed by atoms with Crippen molar-refractivity contribution in [1.29, 1.82) is 0 Å². The number of amides is 1. The first-order valence-corrected chi connectivity index (χ1v) is 4.52. The molecule has 2 unspecified atom stereocenters. The third kappa shape index (κ3) is 2.70. The summed E-state index contributed by atoms with van der Waals surface area (Å²) >= 11 is 0. The summed E-state index contributed by atoms with van der Waals surface area (Å²) in [4.78, 5) is 22.1. The van der Waals surface area contributed by atoms with E-state index in [2.05, 4.69) is 10.1 Å². The van der Waals surface area contributed by atoms with E-state index in [0.29, 0.717) is 13.0 Å². The highest BCUT2D eigenvalue weighted by atomic mass is 16.5. The van der Waals surface area contributed by atoms with Crippen LogP contribution in [0.4, 0.5) is 0 Å². The van der Waals surface area contributed by atoms with Gasteiger partial charge in [0, 0.05) is 25.5 Å². The zero-order valence-electron chi connectivity index (χ0n) is 8.41. The van der Waals surface area contributed by atoms with Crippen molar-refractivity contribution in [2.24, 2.45) is 5.92 Å². The van der Waals surface area contributed by atoms with E-state index >= 15 is 0 Å². The molecule has 1 rings (SSSR count). The standard InChI is InChI=1S/C9H15NO4/c1-13-5-6-3-8(11)10-7(6)4-9(12)14-2/h6-7H,3-5H2,1-2H3,(H,10,11). The van der Waals surface area contributed by atoms with Gasteiger partial charge in [-0.25, -0.2) is 0 Å². The van der Waals surface area contributed by atoms with E-state index < -0.39 is 0 Å². The Morgan fingerprint density at radius 3 is 2.86 bits per heavy atom. The quantitative estimate of drug-likeness (QED) is 0.634. The summed E-state index contributed by atoms with van der Waals surface area (Å²) in [5.41, 5.74) is 0. The molecule has 1 aliphatic rings. The summed E-state index contributed by atoms with van der Waals surface area (Å²) in [7, 11) is 2.92. The maximum Gasteiger partial charge on any atom is 0.307 e. The van der Waals surface area contributed by atoms with Gasteiger partial charge in [0.2, 0.25) is 5.91 Å². The van der Waals surface area contributed by atoms with Crippen molar-refractivity contribution in [3.63, 3.8) is 0 Å². The molecule has 0 aromatic carbocycles. The first-order valence-electron chi connectivity index (χ1n) is 4.52. The summed E-state index contributed by atoms with van der Waals surface area (Å²) in [5, 5.41) is 2.73. The number of carbonyl (C=O) groups excluding carboxylic acids is 2. The van der Waals surface area contributed by atoms with Gasteiger partial charge in [0.25, 0.3) is 0 Å². The van der Waals surface area contributed by atoms with Crippen LogP contribution in [-0.4, -0.2) is 38.7 Å². The van der Waals surface area contributed by atoms with Crippen LogP contribution in [-0.2, 0) is 19.1 Å². The van der Waals surface area contributed by atoms with Crippen molar-refractivity contribution in [3.05, 3.63) is 0 Å². The molecule has 5 heteroatoms. The lowest BCUT2D eigenvalue weighted by molar-refractivity contribution is -0.141. The molecule has 1 saturated heterocycles. The highest BCUT2D eigenvalue weighted by Gasteiger charge is 2.33. The zero-order chi connectivity index (χ0) is 10.6. The Labute approximate surface area is 82.8 Å². The van der Waals surface area contributed by atoms with Crippen molar-refractivity contribution in [3.8, 4) is 0 Å². The second-order valence-electron chi connectivity index (χ2n) is 3.37. The molecule has 5 nitrogen and oxygen atoms in total. The number of ether oxygens (including phenoxy) is 2. The SMILES string of the molecule is COCC1CC(=O)NC1CC(=O)OC. The molecule has 1 aliphatic heterocycles. The molecular weight excluding hydrogens is 186 g/mol. The van der Waals surface area contributed by atoms with Crippen LogP contribution in [0.25, 0.3) is 0 Å². The van der Waals surface area contributed by atoms with Gasteiger partial charge in [0.15, 0.2) is 0 Å². The van der Waals surface area contributed by atoms with Crippen molar-refractivity contribution in [1.82, 2.24) is 5.32 Å². The fourth-order valence-corrected chi connectivity index (χ4v) is 1.63. The molecule has 1 N–H and O–H groups in total. The van der Waals surface area contributed by atoms with Crippen LogP contribution in [0.3, 0.4) is 0 Å². The Morgan fingerprint density at radius 2 is 2.29 bits per heavy atom. The van der Waals surface area contributed by atoms with Crippen molar-refractivity contribution in [2.75, 3.05) is 20.8 Å². The van der Waals surface area contributed by atoms with Crippen LogP contribution in [0.2, 0.25) is 0 Å². The Kier molecular flexibility index (Phi) is 3.88. The molecule has 1 fully saturated rings. The number of hydrogen-bond acceptors (Lipinski definition) is 4.